The molecule has 2 heteroatoms. The maximum atomic E-state index is 2.60. The van der Waals surface area contributed by atoms with E-state index in [4.69, 9.17) is 0 Å². The van der Waals surface area contributed by atoms with Crippen molar-refractivity contribution in [3.05, 3.63) is 0 Å². The third-order valence-corrected chi connectivity index (χ3v) is 5.20. The van der Waals surface area contributed by atoms with Gasteiger partial charge in [-0.2, -0.15) is 0 Å². The second-order valence-electron chi connectivity index (χ2n) is 6.33. The van der Waals surface area contributed by atoms with Crippen molar-refractivity contribution in [1.29, 1.82) is 0 Å². The van der Waals surface area contributed by atoms with E-state index in [1.807, 2.05) is 0 Å². The number of hydrogen-bond donors (Lipinski definition) is 0. The maximum Gasteiger partial charge on any atom is 0.0243 e. The molecule has 1 aliphatic heterocycles. The second kappa shape index (κ2) is 3.62. The molecule has 0 aromatic heterocycles. The largest absolute Gasteiger partial charge is 0.243 e. The lowest BCUT2D eigenvalue weighted by Gasteiger charge is -2.52. The van der Waals surface area contributed by atoms with E-state index in [0.717, 1.165) is 11.5 Å². The smallest absolute Gasteiger partial charge is 0.0243 e. The van der Waals surface area contributed by atoms with Crippen molar-refractivity contribution in [3.63, 3.8) is 0 Å². The number of nitrogens with zero attached hydrogens (tertiary/aromatic N) is 1. The molecule has 2 rings (SSSR count). The van der Waals surface area contributed by atoms with Crippen LogP contribution in [0.15, 0.2) is 0 Å². The van der Waals surface area contributed by atoms with Crippen molar-refractivity contribution in [2.75, 3.05) is 6.54 Å². The van der Waals surface area contributed by atoms with Gasteiger partial charge in [-0.1, -0.05) is 27.2 Å². The van der Waals surface area contributed by atoms with Gasteiger partial charge < -0.3 is 0 Å². The summed E-state index contributed by atoms with van der Waals surface area (Å²) in [5.41, 5.74) is 1.19. The highest BCUT2D eigenvalue weighted by Crippen LogP contribution is 2.51. The fraction of sp³-hybridized carbons (Fsp3) is 1.00. The highest BCUT2D eigenvalue weighted by atomic mass is 127. The van der Waals surface area contributed by atoms with Crippen LogP contribution in [0.5, 0.6) is 0 Å². The van der Waals surface area contributed by atoms with Crippen molar-refractivity contribution >= 4 is 22.9 Å². The molecule has 0 aromatic rings. The third-order valence-electron chi connectivity index (χ3n) is 4.19. The molecule has 1 aliphatic carbocycles. The molecule has 1 heterocycles. The highest BCUT2D eigenvalue weighted by Gasteiger charge is 2.45. The van der Waals surface area contributed by atoms with E-state index in [9.17, 15) is 0 Å². The summed E-state index contributed by atoms with van der Waals surface area (Å²) in [7, 11) is 0. The van der Waals surface area contributed by atoms with Crippen LogP contribution < -0.4 is 0 Å². The number of halogens is 1. The molecule has 1 saturated heterocycles. The van der Waals surface area contributed by atoms with Gasteiger partial charge in [-0.25, -0.2) is 3.11 Å². The predicted octanol–water partition coefficient (Wildman–Crippen LogP) is 4.02. The van der Waals surface area contributed by atoms with E-state index in [-0.39, 0.29) is 0 Å². The summed E-state index contributed by atoms with van der Waals surface area (Å²) < 4.78 is 2.60. The SMILES string of the molecule is CC(C)(C)[C@H]1CCC2(CCC2)CN1I. The van der Waals surface area contributed by atoms with Gasteiger partial charge in [-0.05, 0) is 36.5 Å². The van der Waals surface area contributed by atoms with Crippen molar-refractivity contribution in [3.8, 4) is 0 Å². The van der Waals surface area contributed by atoms with Gasteiger partial charge in [0.25, 0.3) is 0 Å². The van der Waals surface area contributed by atoms with Crippen LogP contribution >= 0.6 is 22.9 Å². The summed E-state index contributed by atoms with van der Waals surface area (Å²) in [4.78, 5) is 0. The zero-order valence-corrected chi connectivity index (χ0v) is 11.8. The van der Waals surface area contributed by atoms with E-state index in [1.54, 1.807) is 0 Å². The zero-order valence-electron chi connectivity index (χ0n) is 9.65. The Bertz CT molecular complexity index is 215. The molecular weight excluding hydrogens is 285 g/mol. The highest BCUT2D eigenvalue weighted by molar-refractivity contribution is 14.1. The zero-order chi connectivity index (χ0) is 10.4. The molecule has 1 saturated carbocycles. The Morgan fingerprint density at radius 1 is 1.21 bits per heavy atom. The Labute approximate surface area is 102 Å². The first kappa shape index (κ1) is 11.2. The fourth-order valence-corrected chi connectivity index (χ4v) is 4.87. The maximum absolute atomic E-state index is 2.60. The molecule has 2 fully saturated rings. The molecule has 82 valence electrons. The van der Waals surface area contributed by atoms with Gasteiger partial charge in [0, 0.05) is 35.5 Å². The summed E-state index contributed by atoms with van der Waals surface area (Å²) in [6.07, 6.45) is 7.35. The molecule has 14 heavy (non-hydrogen) atoms. The number of hydrogen-bond acceptors (Lipinski definition) is 1. The third kappa shape index (κ3) is 1.97. The van der Waals surface area contributed by atoms with E-state index < -0.39 is 0 Å². The van der Waals surface area contributed by atoms with Crippen LogP contribution in [0.3, 0.4) is 0 Å². The van der Waals surface area contributed by atoms with Gasteiger partial charge >= 0.3 is 0 Å². The van der Waals surface area contributed by atoms with Gasteiger partial charge in [-0.15, -0.1) is 0 Å². The van der Waals surface area contributed by atoms with Crippen LogP contribution in [-0.2, 0) is 0 Å². The summed E-state index contributed by atoms with van der Waals surface area (Å²) in [6.45, 7) is 8.47. The lowest BCUT2D eigenvalue weighted by Crippen LogP contribution is -2.51. The summed E-state index contributed by atoms with van der Waals surface area (Å²) in [5.74, 6) is 0. The molecule has 1 nitrogen and oxygen atoms in total. The molecule has 0 bridgehead atoms. The average Bonchev–Trinajstić information content (AvgIpc) is 1.98. The number of piperidine rings is 1. The van der Waals surface area contributed by atoms with Crippen molar-refractivity contribution in [2.24, 2.45) is 10.8 Å². The molecule has 0 aromatic carbocycles. The molecule has 0 radical (unpaired) electrons. The molecule has 0 unspecified atom stereocenters. The summed E-state index contributed by atoms with van der Waals surface area (Å²) >= 11 is 2.56. The lowest BCUT2D eigenvalue weighted by atomic mass is 9.62. The van der Waals surface area contributed by atoms with Crippen molar-refractivity contribution < 1.29 is 0 Å². The molecule has 2 aliphatic rings. The Morgan fingerprint density at radius 3 is 2.21 bits per heavy atom. The van der Waals surface area contributed by atoms with Gasteiger partial charge in [-0.3, -0.25) is 0 Å². The average molecular weight is 307 g/mol. The minimum Gasteiger partial charge on any atom is -0.243 e. The first-order valence-corrected chi connectivity index (χ1v) is 6.82. The summed E-state index contributed by atoms with van der Waals surface area (Å²) in [6, 6.07) is 0.786. The Kier molecular flexibility index (Phi) is 2.89. The van der Waals surface area contributed by atoms with Gasteiger partial charge in [0.05, 0.1) is 0 Å². The molecule has 0 amide bonds. The molecular formula is C12H22IN. The van der Waals surface area contributed by atoms with Gasteiger partial charge in [0.1, 0.15) is 0 Å². The Hall–Kier alpha value is 0.690. The van der Waals surface area contributed by atoms with Crippen LogP contribution in [0, 0.1) is 10.8 Å². The first-order valence-electron chi connectivity index (χ1n) is 5.85. The first-order chi connectivity index (χ1) is 6.43. The number of rotatable bonds is 0. The van der Waals surface area contributed by atoms with Crippen molar-refractivity contribution in [2.45, 2.75) is 58.9 Å². The van der Waals surface area contributed by atoms with E-state index >= 15 is 0 Å². The topological polar surface area (TPSA) is 3.24 Å². The van der Waals surface area contributed by atoms with Crippen LogP contribution in [0.2, 0.25) is 0 Å². The Balaban J connectivity index is 2.00. The van der Waals surface area contributed by atoms with E-state index in [0.29, 0.717) is 5.41 Å². The van der Waals surface area contributed by atoms with Crippen LogP contribution in [0.4, 0.5) is 0 Å². The minimum atomic E-state index is 0.451. The monoisotopic (exact) mass is 307 g/mol. The van der Waals surface area contributed by atoms with Crippen molar-refractivity contribution in [1.82, 2.24) is 3.11 Å². The normalized spacial score (nSPS) is 33.0. The minimum absolute atomic E-state index is 0.451. The van der Waals surface area contributed by atoms with Gasteiger partial charge in [0.2, 0.25) is 0 Å². The van der Waals surface area contributed by atoms with Crippen LogP contribution in [-0.4, -0.2) is 15.7 Å². The quantitative estimate of drug-likeness (QED) is 0.483. The fourth-order valence-electron chi connectivity index (χ4n) is 3.03. The Morgan fingerprint density at radius 2 is 1.86 bits per heavy atom. The molecule has 0 N–H and O–H groups in total. The standard InChI is InChI=1S/C12H22IN/c1-11(2,3)10-5-8-12(6-4-7-12)9-14(10)13/h10H,4-9H2,1-3H3/t10-/m1/s1. The van der Waals surface area contributed by atoms with Gasteiger partial charge in [0.15, 0.2) is 0 Å². The van der Waals surface area contributed by atoms with Crippen LogP contribution in [0.25, 0.3) is 0 Å². The molecule has 1 atom stereocenters. The summed E-state index contributed by atoms with van der Waals surface area (Å²) in [5, 5.41) is 0. The van der Waals surface area contributed by atoms with E-state index in [1.165, 1.54) is 38.6 Å². The van der Waals surface area contributed by atoms with Crippen LogP contribution in [0.1, 0.15) is 52.9 Å². The predicted molar refractivity (Wildman–Crippen MR) is 69.5 cm³/mol. The lowest BCUT2D eigenvalue weighted by molar-refractivity contribution is 0.0139. The molecule has 1 spiro atoms. The second-order valence-corrected chi connectivity index (χ2v) is 7.57. The van der Waals surface area contributed by atoms with E-state index in [2.05, 4.69) is 46.7 Å².